The zero-order chi connectivity index (χ0) is 20.6. The quantitative estimate of drug-likeness (QED) is 0.728. The van der Waals surface area contributed by atoms with Gasteiger partial charge in [-0.3, -0.25) is 9.59 Å². The average Bonchev–Trinajstić information content (AvgIpc) is 3.50. The van der Waals surface area contributed by atoms with Crippen LogP contribution in [0.4, 0.5) is 8.78 Å². The Morgan fingerprint density at radius 1 is 1.39 bits per heavy atom. The van der Waals surface area contributed by atoms with Gasteiger partial charge in [0, 0.05) is 12.2 Å². The summed E-state index contributed by atoms with van der Waals surface area (Å²) in [5.41, 5.74) is -2.29. The fourth-order valence-corrected chi connectivity index (χ4v) is 3.08. The molecule has 9 heteroatoms. The highest BCUT2D eigenvalue weighted by Crippen LogP contribution is 2.39. The number of hydrogen-bond acceptors (Lipinski definition) is 6. The molecule has 0 radical (unpaired) electrons. The van der Waals surface area contributed by atoms with E-state index in [1.165, 1.54) is 17.7 Å². The third-order valence-corrected chi connectivity index (χ3v) is 4.53. The van der Waals surface area contributed by atoms with Gasteiger partial charge in [0.1, 0.15) is 11.4 Å². The first-order chi connectivity index (χ1) is 13.3. The number of ether oxygens (including phenoxy) is 2. The van der Waals surface area contributed by atoms with Crippen LogP contribution in [-0.4, -0.2) is 30.2 Å². The van der Waals surface area contributed by atoms with Crippen LogP contribution < -0.4 is 5.43 Å². The number of nitriles is 1. The highest BCUT2D eigenvalue weighted by Gasteiger charge is 2.34. The highest BCUT2D eigenvalue weighted by atomic mass is 19.1. The van der Waals surface area contributed by atoms with Crippen molar-refractivity contribution in [2.75, 3.05) is 13.7 Å². The minimum atomic E-state index is -1.83. The Kier molecular flexibility index (Phi) is 5.14. The van der Waals surface area contributed by atoms with E-state index in [1.54, 1.807) is 6.07 Å². The lowest BCUT2D eigenvalue weighted by atomic mass is 9.96. The van der Waals surface area contributed by atoms with Crippen molar-refractivity contribution in [1.82, 2.24) is 4.57 Å². The van der Waals surface area contributed by atoms with Crippen LogP contribution in [0.1, 0.15) is 47.6 Å². The van der Waals surface area contributed by atoms with Gasteiger partial charge in [-0.15, -0.1) is 0 Å². The van der Waals surface area contributed by atoms with Crippen molar-refractivity contribution in [3.63, 3.8) is 0 Å². The Bertz CT molecular complexity index is 1080. The summed E-state index contributed by atoms with van der Waals surface area (Å²) in [7, 11) is 1.09. The van der Waals surface area contributed by atoms with E-state index in [1.807, 2.05) is 0 Å². The molecule has 1 aliphatic rings. The SMILES string of the molecule is CCOC(=O)C(C#N)c1c(F)cc2c(=O)c(C(=O)OC)cn(C3CC3)c2c1F. The molecule has 1 heterocycles. The number of hydrogen-bond donors (Lipinski definition) is 0. The Morgan fingerprint density at radius 2 is 2.07 bits per heavy atom. The maximum atomic E-state index is 15.3. The summed E-state index contributed by atoms with van der Waals surface area (Å²) in [5.74, 6) is -6.28. The molecular weight excluding hydrogens is 374 g/mol. The van der Waals surface area contributed by atoms with Gasteiger partial charge in [0.25, 0.3) is 0 Å². The van der Waals surface area contributed by atoms with E-state index in [2.05, 4.69) is 4.74 Å². The molecule has 146 valence electrons. The van der Waals surface area contributed by atoms with Gasteiger partial charge >= 0.3 is 11.9 Å². The van der Waals surface area contributed by atoms with Gasteiger partial charge in [-0.05, 0) is 25.8 Å². The number of pyridine rings is 1. The van der Waals surface area contributed by atoms with Gasteiger partial charge < -0.3 is 14.0 Å². The van der Waals surface area contributed by atoms with E-state index in [0.717, 1.165) is 13.2 Å². The number of fused-ring (bicyclic) bond motifs is 1. The summed E-state index contributed by atoms with van der Waals surface area (Å²) in [6, 6.07) is 2.10. The fraction of sp³-hybridized carbons (Fsp3) is 0.368. The predicted molar refractivity (Wildman–Crippen MR) is 92.7 cm³/mol. The Hall–Kier alpha value is -3.28. The number of carbonyl (C=O) groups excluding carboxylic acids is 2. The molecule has 28 heavy (non-hydrogen) atoms. The maximum absolute atomic E-state index is 15.3. The molecule has 1 unspecified atom stereocenters. The highest BCUT2D eigenvalue weighted by molar-refractivity contribution is 5.94. The van der Waals surface area contributed by atoms with Gasteiger partial charge in [0.05, 0.1) is 36.3 Å². The maximum Gasteiger partial charge on any atom is 0.343 e. The van der Waals surface area contributed by atoms with Crippen LogP contribution in [-0.2, 0) is 14.3 Å². The molecule has 0 aliphatic heterocycles. The number of aromatic nitrogens is 1. The summed E-state index contributed by atoms with van der Waals surface area (Å²) >= 11 is 0. The van der Waals surface area contributed by atoms with Crippen molar-refractivity contribution in [2.24, 2.45) is 0 Å². The number of halogens is 2. The van der Waals surface area contributed by atoms with Crippen molar-refractivity contribution in [1.29, 1.82) is 5.26 Å². The first-order valence-electron chi connectivity index (χ1n) is 8.56. The molecule has 3 rings (SSSR count). The fourth-order valence-electron chi connectivity index (χ4n) is 3.08. The summed E-state index contributed by atoms with van der Waals surface area (Å²) in [4.78, 5) is 36.5. The van der Waals surface area contributed by atoms with Crippen molar-refractivity contribution in [2.45, 2.75) is 31.7 Å². The van der Waals surface area contributed by atoms with Crippen LogP contribution >= 0.6 is 0 Å². The minimum absolute atomic E-state index is 0.0664. The lowest BCUT2D eigenvalue weighted by Gasteiger charge is -2.17. The van der Waals surface area contributed by atoms with Crippen molar-refractivity contribution in [3.05, 3.63) is 45.2 Å². The zero-order valence-corrected chi connectivity index (χ0v) is 15.1. The number of methoxy groups -OCH3 is 1. The van der Waals surface area contributed by atoms with Gasteiger partial charge in [-0.2, -0.15) is 5.26 Å². The topological polar surface area (TPSA) is 98.4 Å². The van der Waals surface area contributed by atoms with E-state index in [-0.39, 0.29) is 29.1 Å². The summed E-state index contributed by atoms with van der Waals surface area (Å²) in [6.45, 7) is 1.43. The number of esters is 2. The molecule has 0 bridgehead atoms. The molecule has 1 fully saturated rings. The molecule has 1 aliphatic carbocycles. The van der Waals surface area contributed by atoms with Crippen LogP contribution in [0.2, 0.25) is 0 Å². The van der Waals surface area contributed by atoms with Crippen LogP contribution in [0.15, 0.2) is 17.1 Å². The van der Waals surface area contributed by atoms with Crippen LogP contribution in [0.3, 0.4) is 0 Å². The number of benzene rings is 1. The molecule has 7 nitrogen and oxygen atoms in total. The van der Waals surface area contributed by atoms with Gasteiger partial charge in [-0.1, -0.05) is 0 Å². The first-order valence-corrected chi connectivity index (χ1v) is 8.56. The number of nitrogens with zero attached hydrogens (tertiary/aromatic N) is 2. The minimum Gasteiger partial charge on any atom is -0.465 e. The van der Waals surface area contributed by atoms with Crippen LogP contribution in [0.5, 0.6) is 0 Å². The van der Waals surface area contributed by atoms with Gasteiger partial charge in [0.15, 0.2) is 11.7 Å². The molecule has 0 N–H and O–H groups in total. The molecular formula is C19H16F2N2O5. The normalized spacial score (nSPS) is 14.4. The van der Waals surface area contributed by atoms with E-state index < -0.39 is 40.5 Å². The van der Waals surface area contributed by atoms with Gasteiger partial charge in [-0.25, -0.2) is 13.6 Å². The molecule has 0 spiro atoms. The Morgan fingerprint density at radius 3 is 2.61 bits per heavy atom. The van der Waals surface area contributed by atoms with Crippen molar-refractivity contribution in [3.8, 4) is 6.07 Å². The molecule has 1 aromatic heterocycles. The number of rotatable bonds is 5. The zero-order valence-electron chi connectivity index (χ0n) is 15.1. The Balaban J connectivity index is 2.36. The predicted octanol–water partition coefficient (Wildman–Crippen LogP) is 2.57. The molecule has 1 saturated carbocycles. The van der Waals surface area contributed by atoms with E-state index >= 15 is 4.39 Å². The lowest BCUT2D eigenvalue weighted by molar-refractivity contribution is -0.143. The third kappa shape index (κ3) is 3.11. The molecule has 2 aromatic rings. The third-order valence-electron chi connectivity index (χ3n) is 4.53. The van der Waals surface area contributed by atoms with Crippen LogP contribution in [0, 0.1) is 23.0 Å². The second kappa shape index (κ2) is 7.38. The number of carbonyl (C=O) groups is 2. The molecule has 0 amide bonds. The molecule has 0 saturated heterocycles. The van der Waals surface area contributed by atoms with Gasteiger partial charge in [0.2, 0.25) is 5.43 Å². The Labute approximate surface area is 158 Å². The second-order valence-electron chi connectivity index (χ2n) is 6.30. The summed E-state index contributed by atoms with van der Waals surface area (Å²) in [6.07, 6.45) is 2.51. The smallest absolute Gasteiger partial charge is 0.343 e. The van der Waals surface area contributed by atoms with E-state index in [0.29, 0.717) is 12.8 Å². The van der Waals surface area contributed by atoms with Crippen LogP contribution in [0.25, 0.3) is 10.9 Å². The summed E-state index contributed by atoms with van der Waals surface area (Å²) < 4.78 is 40.7. The lowest BCUT2D eigenvalue weighted by Crippen LogP contribution is -2.23. The largest absolute Gasteiger partial charge is 0.465 e. The average molecular weight is 390 g/mol. The molecule has 1 aromatic carbocycles. The van der Waals surface area contributed by atoms with E-state index in [4.69, 9.17) is 4.74 Å². The standard InChI is InChI=1S/C19H16F2N2O5/c1-3-28-19(26)11(7-22)14-13(20)6-10-16(15(14)21)23(9-4-5-9)8-12(17(10)24)18(25)27-2/h6,8-9,11H,3-5H2,1-2H3. The monoisotopic (exact) mass is 390 g/mol. The second-order valence-corrected chi connectivity index (χ2v) is 6.30. The van der Waals surface area contributed by atoms with E-state index in [9.17, 15) is 24.0 Å². The van der Waals surface area contributed by atoms with Crippen molar-refractivity contribution >= 4 is 22.8 Å². The van der Waals surface area contributed by atoms with Crippen molar-refractivity contribution < 1.29 is 27.8 Å². The summed E-state index contributed by atoms with van der Waals surface area (Å²) in [5, 5.41) is 8.91. The molecule has 1 atom stereocenters. The first kappa shape index (κ1) is 19.5.